The molecule has 3 nitrogen and oxygen atoms in total. The van der Waals surface area contributed by atoms with E-state index in [0.29, 0.717) is 23.6 Å². The molecule has 0 fully saturated rings. The minimum absolute atomic E-state index is 0.0844. The van der Waals surface area contributed by atoms with Gasteiger partial charge in [-0.1, -0.05) is 13.0 Å². The molecule has 0 aliphatic heterocycles. The third-order valence-electron chi connectivity index (χ3n) is 3.08. The van der Waals surface area contributed by atoms with Crippen LogP contribution >= 0.6 is 15.9 Å². The molecule has 0 saturated carbocycles. The van der Waals surface area contributed by atoms with Gasteiger partial charge in [0.1, 0.15) is 11.4 Å². The average Bonchev–Trinajstić information content (AvgIpc) is 2.51. The van der Waals surface area contributed by atoms with Crippen molar-refractivity contribution in [1.29, 1.82) is 0 Å². The number of nitrogens with one attached hydrogen (secondary N) is 1. The number of hydrogen-bond acceptors (Lipinski definition) is 3. The van der Waals surface area contributed by atoms with Crippen molar-refractivity contribution in [1.82, 2.24) is 10.3 Å². The molecule has 0 saturated heterocycles. The molecule has 21 heavy (non-hydrogen) atoms. The lowest BCUT2D eigenvalue weighted by Gasteiger charge is -2.21. The molecule has 0 spiro atoms. The van der Waals surface area contributed by atoms with Gasteiger partial charge in [-0.2, -0.15) is 0 Å². The van der Waals surface area contributed by atoms with Crippen LogP contribution in [0.25, 0.3) is 0 Å². The molecule has 0 aliphatic rings. The Morgan fingerprint density at radius 1 is 1.33 bits per heavy atom. The van der Waals surface area contributed by atoms with Gasteiger partial charge in [-0.25, -0.2) is 8.78 Å². The molecular formula is C15H15BrF2N2O. The third kappa shape index (κ3) is 3.22. The number of methoxy groups -OCH3 is 1. The maximum Gasteiger partial charge on any atom is 0.173 e. The van der Waals surface area contributed by atoms with Gasteiger partial charge in [0.15, 0.2) is 11.6 Å². The lowest BCUT2D eigenvalue weighted by atomic mass is 10.0. The molecule has 1 aromatic carbocycles. The molecular weight excluding hydrogens is 342 g/mol. The average molecular weight is 357 g/mol. The maximum atomic E-state index is 13.8. The summed E-state index contributed by atoms with van der Waals surface area (Å²) in [6, 6.07) is 5.77. The van der Waals surface area contributed by atoms with Crippen LogP contribution in [-0.2, 0) is 0 Å². The Bertz CT molecular complexity index is 637. The van der Waals surface area contributed by atoms with E-state index < -0.39 is 17.7 Å². The Labute approximate surface area is 130 Å². The first-order chi connectivity index (χ1) is 10.1. The van der Waals surface area contributed by atoms with Crippen molar-refractivity contribution in [2.45, 2.75) is 13.0 Å². The van der Waals surface area contributed by atoms with E-state index >= 15 is 0 Å². The van der Waals surface area contributed by atoms with E-state index in [0.717, 1.165) is 6.07 Å². The van der Waals surface area contributed by atoms with E-state index in [1.165, 1.54) is 6.07 Å². The Hall–Kier alpha value is -1.53. The van der Waals surface area contributed by atoms with E-state index in [4.69, 9.17) is 4.74 Å². The SMILES string of the molecule is CCNC(c1ccc(F)c(F)c1Br)c1ncccc1OC. The Kier molecular flexibility index (Phi) is 5.25. The Morgan fingerprint density at radius 3 is 2.76 bits per heavy atom. The number of benzene rings is 1. The highest BCUT2D eigenvalue weighted by Crippen LogP contribution is 2.34. The first-order valence-corrected chi connectivity index (χ1v) is 7.25. The fourth-order valence-electron chi connectivity index (χ4n) is 2.11. The first kappa shape index (κ1) is 15.9. The van der Waals surface area contributed by atoms with Crippen molar-refractivity contribution in [2.75, 3.05) is 13.7 Å². The predicted octanol–water partition coefficient (Wildman–Crippen LogP) is 3.83. The first-order valence-electron chi connectivity index (χ1n) is 6.45. The summed E-state index contributed by atoms with van der Waals surface area (Å²) in [5.41, 5.74) is 1.18. The fourth-order valence-corrected chi connectivity index (χ4v) is 2.66. The van der Waals surface area contributed by atoms with Gasteiger partial charge in [0, 0.05) is 6.20 Å². The van der Waals surface area contributed by atoms with Crippen molar-refractivity contribution >= 4 is 15.9 Å². The van der Waals surface area contributed by atoms with Crippen LogP contribution in [0.3, 0.4) is 0 Å². The fraction of sp³-hybridized carbons (Fsp3) is 0.267. The molecule has 1 aromatic heterocycles. The number of pyridine rings is 1. The van der Waals surface area contributed by atoms with Crippen LogP contribution in [0.1, 0.15) is 24.2 Å². The summed E-state index contributed by atoms with van der Waals surface area (Å²) >= 11 is 3.12. The lowest BCUT2D eigenvalue weighted by molar-refractivity contribution is 0.400. The van der Waals surface area contributed by atoms with E-state index in [1.54, 1.807) is 25.4 Å². The van der Waals surface area contributed by atoms with Gasteiger partial charge in [0.25, 0.3) is 0 Å². The van der Waals surface area contributed by atoms with E-state index in [1.807, 2.05) is 6.92 Å². The summed E-state index contributed by atoms with van der Waals surface area (Å²) in [7, 11) is 1.55. The Morgan fingerprint density at radius 2 is 2.10 bits per heavy atom. The molecule has 1 heterocycles. The number of rotatable bonds is 5. The summed E-state index contributed by atoms with van der Waals surface area (Å²) in [6.07, 6.45) is 1.63. The summed E-state index contributed by atoms with van der Waals surface area (Å²) in [4.78, 5) is 4.31. The van der Waals surface area contributed by atoms with E-state index in [2.05, 4.69) is 26.2 Å². The van der Waals surface area contributed by atoms with Gasteiger partial charge in [0.2, 0.25) is 0 Å². The number of hydrogen-bond donors (Lipinski definition) is 1. The number of nitrogens with zero attached hydrogens (tertiary/aromatic N) is 1. The molecule has 0 radical (unpaired) electrons. The molecule has 0 bridgehead atoms. The molecule has 6 heteroatoms. The van der Waals surface area contributed by atoms with Gasteiger partial charge in [0.05, 0.1) is 17.6 Å². The zero-order chi connectivity index (χ0) is 15.4. The number of halogens is 3. The molecule has 0 amide bonds. The van der Waals surface area contributed by atoms with Gasteiger partial charge in [-0.15, -0.1) is 0 Å². The Balaban J connectivity index is 2.56. The second kappa shape index (κ2) is 6.95. The van der Waals surface area contributed by atoms with Crippen molar-refractivity contribution in [3.63, 3.8) is 0 Å². The quantitative estimate of drug-likeness (QED) is 0.826. The van der Waals surface area contributed by atoms with Crippen LogP contribution in [0, 0.1) is 11.6 Å². The van der Waals surface area contributed by atoms with Crippen LogP contribution in [0.2, 0.25) is 0 Å². The summed E-state index contributed by atoms with van der Waals surface area (Å²) in [5.74, 6) is -1.22. The highest BCUT2D eigenvalue weighted by molar-refractivity contribution is 9.10. The van der Waals surface area contributed by atoms with Gasteiger partial charge in [-0.05, 0) is 46.2 Å². The number of aromatic nitrogens is 1. The van der Waals surface area contributed by atoms with Crippen molar-refractivity contribution < 1.29 is 13.5 Å². The van der Waals surface area contributed by atoms with Crippen LogP contribution in [-0.4, -0.2) is 18.6 Å². The van der Waals surface area contributed by atoms with Gasteiger partial charge >= 0.3 is 0 Å². The monoisotopic (exact) mass is 356 g/mol. The van der Waals surface area contributed by atoms with Crippen molar-refractivity contribution in [2.24, 2.45) is 0 Å². The summed E-state index contributed by atoms with van der Waals surface area (Å²) in [6.45, 7) is 2.56. The van der Waals surface area contributed by atoms with E-state index in [9.17, 15) is 8.78 Å². The predicted molar refractivity (Wildman–Crippen MR) is 80.4 cm³/mol. The van der Waals surface area contributed by atoms with Crippen LogP contribution in [0.15, 0.2) is 34.9 Å². The molecule has 1 N–H and O–H groups in total. The largest absolute Gasteiger partial charge is 0.495 e. The van der Waals surface area contributed by atoms with Crippen LogP contribution in [0.4, 0.5) is 8.78 Å². The third-order valence-corrected chi connectivity index (χ3v) is 3.88. The highest BCUT2D eigenvalue weighted by Gasteiger charge is 2.23. The zero-order valence-electron chi connectivity index (χ0n) is 11.7. The van der Waals surface area contributed by atoms with Crippen LogP contribution < -0.4 is 10.1 Å². The lowest BCUT2D eigenvalue weighted by Crippen LogP contribution is -2.24. The highest BCUT2D eigenvalue weighted by atomic mass is 79.9. The smallest absolute Gasteiger partial charge is 0.173 e. The standard InChI is InChI=1S/C15H15BrF2N2O/c1-3-19-14(15-11(21-2)5-4-8-20-15)9-6-7-10(17)13(18)12(9)16/h4-8,14,19H,3H2,1-2H3. The minimum Gasteiger partial charge on any atom is -0.495 e. The summed E-state index contributed by atoms with van der Waals surface area (Å²) in [5, 5.41) is 3.22. The number of ether oxygens (including phenoxy) is 1. The maximum absolute atomic E-state index is 13.8. The molecule has 0 aliphatic carbocycles. The molecule has 2 rings (SSSR count). The minimum atomic E-state index is -0.912. The molecule has 2 aromatic rings. The van der Waals surface area contributed by atoms with Crippen molar-refractivity contribution in [3.8, 4) is 5.75 Å². The topological polar surface area (TPSA) is 34.2 Å². The van der Waals surface area contributed by atoms with Gasteiger partial charge in [-0.3, -0.25) is 4.98 Å². The second-order valence-electron chi connectivity index (χ2n) is 4.35. The second-order valence-corrected chi connectivity index (χ2v) is 5.14. The van der Waals surface area contributed by atoms with Gasteiger partial charge < -0.3 is 10.1 Å². The zero-order valence-corrected chi connectivity index (χ0v) is 13.2. The van der Waals surface area contributed by atoms with Crippen LogP contribution in [0.5, 0.6) is 5.75 Å². The molecule has 112 valence electrons. The normalized spacial score (nSPS) is 12.2. The molecule has 1 atom stereocenters. The molecule has 1 unspecified atom stereocenters. The summed E-state index contributed by atoms with van der Waals surface area (Å²) < 4.78 is 32.5. The van der Waals surface area contributed by atoms with Crippen molar-refractivity contribution in [3.05, 3.63) is 57.8 Å². The van der Waals surface area contributed by atoms with E-state index in [-0.39, 0.29) is 4.47 Å².